The van der Waals surface area contributed by atoms with E-state index in [1.54, 1.807) is 58.0 Å². The van der Waals surface area contributed by atoms with Gasteiger partial charge in [0.1, 0.15) is 36.3 Å². The number of primary amides is 1. The zero-order valence-electron chi connectivity index (χ0n) is 37.6. The van der Waals surface area contributed by atoms with Gasteiger partial charge in [-0.3, -0.25) is 38.4 Å². The van der Waals surface area contributed by atoms with Crippen LogP contribution in [0.1, 0.15) is 78.0 Å². The van der Waals surface area contributed by atoms with E-state index in [9.17, 15) is 53.4 Å². The summed E-state index contributed by atoms with van der Waals surface area (Å²) in [6, 6.07) is 0.253. The Morgan fingerprint density at radius 2 is 1.42 bits per heavy atom. The van der Waals surface area contributed by atoms with Crippen molar-refractivity contribution in [3.05, 3.63) is 54.1 Å². The Hall–Kier alpha value is -6.03. The maximum absolute atomic E-state index is 14.2. The highest BCUT2D eigenvalue weighted by Gasteiger charge is 2.42. The number of aliphatic hydroxyl groups is 1. The SMILES string of the molecule is CSCC[C@H](NC(=O)[C@@H](NC(=O)[C@@H]1CCCN1C(=O)[C@@H](O)[C@H](Cc1ccccc1)NC(=O)[C@H](NC(=O)[C@@H](CCC(N)=O)NC(C)=O)C(C)C)C(C)C)C(=O)N[C@@H](Cc1cnc[nH]1)C(=O)O. The predicted octanol–water partition coefficient (Wildman–Crippen LogP) is -1.11. The topological polar surface area (TPSA) is 324 Å². The van der Waals surface area contributed by atoms with E-state index in [2.05, 4.69) is 41.9 Å². The van der Waals surface area contributed by atoms with Gasteiger partial charge >= 0.3 is 5.97 Å². The van der Waals surface area contributed by atoms with Crippen molar-refractivity contribution in [1.29, 1.82) is 0 Å². The first-order valence-corrected chi connectivity index (χ1v) is 22.9. The van der Waals surface area contributed by atoms with Crippen molar-refractivity contribution in [3.63, 3.8) is 0 Å². The molecule has 2 heterocycles. The van der Waals surface area contributed by atoms with Crippen LogP contribution in [0.4, 0.5) is 0 Å². The lowest BCUT2D eigenvalue weighted by Crippen LogP contribution is -2.61. The van der Waals surface area contributed by atoms with Gasteiger partial charge in [-0.05, 0) is 61.5 Å². The Morgan fingerprint density at radius 3 is 1.98 bits per heavy atom. The number of imidazole rings is 1. The van der Waals surface area contributed by atoms with Crippen LogP contribution in [0.2, 0.25) is 0 Å². The van der Waals surface area contributed by atoms with E-state index in [1.165, 1.54) is 36.1 Å². The molecule has 22 heteroatoms. The van der Waals surface area contributed by atoms with Gasteiger partial charge in [0.15, 0.2) is 6.10 Å². The monoisotopic (exact) mass is 928 g/mol. The van der Waals surface area contributed by atoms with Gasteiger partial charge < -0.3 is 57.7 Å². The van der Waals surface area contributed by atoms with E-state index in [4.69, 9.17) is 5.73 Å². The summed E-state index contributed by atoms with van der Waals surface area (Å²) in [4.78, 5) is 126. The molecular weight excluding hydrogens is 865 g/mol. The average molecular weight is 929 g/mol. The second-order valence-electron chi connectivity index (χ2n) is 16.7. The molecule has 21 nitrogen and oxygen atoms in total. The molecule has 1 saturated heterocycles. The van der Waals surface area contributed by atoms with Gasteiger partial charge in [0.05, 0.1) is 12.4 Å². The summed E-state index contributed by atoms with van der Waals surface area (Å²) in [5, 5.41) is 37.2. The molecule has 0 spiro atoms. The van der Waals surface area contributed by atoms with Gasteiger partial charge in [-0.2, -0.15) is 11.8 Å². The van der Waals surface area contributed by atoms with Crippen molar-refractivity contribution in [2.75, 3.05) is 18.6 Å². The highest BCUT2D eigenvalue weighted by molar-refractivity contribution is 7.98. The molecule has 0 radical (unpaired) electrons. The van der Waals surface area contributed by atoms with E-state index in [0.29, 0.717) is 23.4 Å². The Kier molecular flexibility index (Phi) is 21.4. The largest absolute Gasteiger partial charge is 0.480 e. The van der Waals surface area contributed by atoms with Crippen LogP contribution in [0, 0.1) is 11.8 Å². The van der Waals surface area contributed by atoms with Gasteiger partial charge in [0.2, 0.25) is 41.4 Å². The molecule has 3 rings (SSSR count). The number of hydrogen-bond acceptors (Lipinski definition) is 12. The number of nitrogens with zero attached hydrogens (tertiary/aromatic N) is 2. The standard InChI is InChI=1S/C43H64N10O11S/c1-23(2)34(51-38(58)28(47-25(5)54)14-15-33(44)55)41(61)49-30(19-26-11-8-7-9-12-26)36(56)42(62)53-17-10-13-32(53)39(59)52-35(24(3)4)40(60)48-29(16-18-65-6)37(57)50-31(43(63)64)20-27-21-45-22-46-27/h7-9,11-12,21-24,28-32,34-36,56H,10,13-20H2,1-6H3,(H2,44,55)(H,45,46)(H,47,54)(H,48,60)(H,49,61)(H,50,57)(H,51,58)(H,52,59)(H,63,64)/t28-,29+,30+,31+,32+,34-,35+,36+/m1/s1. The van der Waals surface area contributed by atoms with Crippen molar-refractivity contribution in [2.24, 2.45) is 17.6 Å². The van der Waals surface area contributed by atoms with Crippen LogP contribution >= 0.6 is 11.8 Å². The molecule has 65 heavy (non-hydrogen) atoms. The van der Waals surface area contributed by atoms with E-state index in [-0.39, 0.29) is 45.1 Å². The summed E-state index contributed by atoms with van der Waals surface area (Å²) in [6.45, 7) is 7.93. The van der Waals surface area contributed by atoms with E-state index >= 15 is 0 Å². The number of carboxylic acids is 1. The van der Waals surface area contributed by atoms with Crippen LogP contribution in [0.25, 0.3) is 0 Å². The van der Waals surface area contributed by atoms with E-state index in [1.807, 2.05) is 6.26 Å². The number of H-pyrrole nitrogens is 1. The number of likely N-dealkylation sites (tertiary alicyclic amines) is 1. The lowest BCUT2D eigenvalue weighted by atomic mass is 9.97. The summed E-state index contributed by atoms with van der Waals surface area (Å²) in [5.74, 6) is -7.64. The number of amides is 8. The third kappa shape index (κ3) is 16.8. The second-order valence-corrected chi connectivity index (χ2v) is 17.7. The summed E-state index contributed by atoms with van der Waals surface area (Å²) >= 11 is 1.41. The Balaban J connectivity index is 1.80. The van der Waals surface area contributed by atoms with E-state index in [0.717, 1.165) is 0 Å². The molecule has 358 valence electrons. The number of carboxylic acid groups (broad SMARTS) is 1. The van der Waals surface area contributed by atoms with Crippen LogP contribution in [-0.2, 0) is 56.0 Å². The molecule has 8 atom stereocenters. The van der Waals surface area contributed by atoms with Crippen molar-refractivity contribution in [3.8, 4) is 0 Å². The molecular formula is C43H64N10O11S. The number of benzene rings is 1. The maximum Gasteiger partial charge on any atom is 0.326 e. The highest BCUT2D eigenvalue weighted by atomic mass is 32.2. The molecule has 1 aliphatic rings. The van der Waals surface area contributed by atoms with Crippen LogP contribution in [0.5, 0.6) is 0 Å². The third-order valence-electron chi connectivity index (χ3n) is 10.8. The van der Waals surface area contributed by atoms with Crippen molar-refractivity contribution in [1.82, 2.24) is 46.8 Å². The molecule has 1 fully saturated rings. The van der Waals surface area contributed by atoms with Gasteiger partial charge in [0, 0.05) is 38.2 Å². The Bertz CT molecular complexity index is 1950. The number of carbonyl (C=O) groups is 9. The van der Waals surface area contributed by atoms with Crippen molar-refractivity contribution in [2.45, 2.75) is 128 Å². The zero-order valence-corrected chi connectivity index (χ0v) is 38.4. The Labute approximate surface area is 382 Å². The number of aliphatic hydroxyl groups excluding tert-OH is 1. The molecule has 8 amide bonds. The van der Waals surface area contributed by atoms with Crippen LogP contribution < -0.4 is 37.6 Å². The number of aromatic amines is 1. The fourth-order valence-electron chi connectivity index (χ4n) is 7.26. The van der Waals surface area contributed by atoms with Gasteiger partial charge in [-0.1, -0.05) is 58.0 Å². The molecule has 0 aliphatic carbocycles. The normalized spacial score (nSPS) is 16.8. The number of aliphatic carboxylic acids is 1. The number of carbonyl (C=O) groups excluding carboxylic acids is 8. The van der Waals surface area contributed by atoms with Crippen LogP contribution in [0.15, 0.2) is 42.9 Å². The van der Waals surface area contributed by atoms with Crippen LogP contribution in [0.3, 0.4) is 0 Å². The lowest BCUT2D eigenvalue weighted by Gasteiger charge is -2.33. The number of thioether (sulfide) groups is 1. The quantitative estimate of drug-likeness (QED) is 0.0536. The van der Waals surface area contributed by atoms with Gasteiger partial charge in [-0.25, -0.2) is 9.78 Å². The number of nitrogens with two attached hydrogens (primary N) is 1. The minimum absolute atomic E-state index is 0.0344. The fraction of sp³-hybridized carbons (Fsp3) is 0.581. The first-order chi connectivity index (χ1) is 30.7. The minimum atomic E-state index is -1.89. The predicted molar refractivity (Wildman–Crippen MR) is 239 cm³/mol. The molecule has 0 bridgehead atoms. The smallest absolute Gasteiger partial charge is 0.326 e. The highest BCUT2D eigenvalue weighted by Crippen LogP contribution is 2.22. The zero-order chi connectivity index (χ0) is 48.4. The molecule has 2 aromatic rings. The number of rotatable bonds is 26. The lowest BCUT2D eigenvalue weighted by molar-refractivity contribution is -0.147. The first-order valence-electron chi connectivity index (χ1n) is 21.5. The summed E-state index contributed by atoms with van der Waals surface area (Å²) < 4.78 is 0. The molecule has 11 N–H and O–H groups in total. The van der Waals surface area contributed by atoms with Crippen molar-refractivity contribution < 1.29 is 53.4 Å². The summed E-state index contributed by atoms with van der Waals surface area (Å²) in [5.41, 5.74) is 6.38. The third-order valence-corrected chi connectivity index (χ3v) is 11.4. The molecule has 0 saturated carbocycles. The van der Waals surface area contributed by atoms with Gasteiger partial charge in [-0.15, -0.1) is 0 Å². The first kappa shape index (κ1) is 53.3. The molecule has 1 aromatic heterocycles. The molecule has 1 aromatic carbocycles. The van der Waals surface area contributed by atoms with Gasteiger partial charge in [0.25, 0.3) is 5.91 Å². The molecule has 1 aliphatic heterocycles. The minimum Gasteiger partial charge on any atom is -0.480 e. The average Bonchev–Trinajstić information content (AvgIpc) is 3.96. The number of aromatic nitrogens is 2. The summed E-state index contributed by atoms with van der Waals surface area (Å²) in [6.07, 6.45) is 2.98. The van der Waals surface area contributed by atoms with E-state index < -0.39 is 113 Å². The second kappa shape index (κ2) is 26.1. The fourth-order valence-corrected chi connectivity index (χ4v) is 7.73. The summed E-state index contributed by atoms with van der Waals surface area (Å²) in [7, 11) is 0. The maximum atomic E-state index is 14.2. The molecule has 0 unspecified atom stereocenters. The van der Waals surface area contributed by atoms with Crippen LogP contribution in [-0.4, -0.2) is 145 Å². The Morgan fingerprint density at radius 1 is 0.815 bits per heavy atom. The number of hydrogen-bond donors (Lipinski definition) is 10. The van der Waals surface area contributed by atoms with Crippen molar-refractivity contribution >= 4 is 65.0 Å². The number of nitrogens with one attached hydrogen (secondary N) is 7.